The van der Waals surface area contributed by atoms with Crippen LogP contribution >= 0.6 is 23.3 Å². The van der Waals surface area contributed by atoms with Gasteiger partial charge in [-0.05, 0) is 5.21 Å². The van der Waals surface area contributed by atoms with Crippen LogP contribution < -0.4 is 10.6 Å². The number of carbonyl (C=O) groups is 1. The van der Waals surface area contributed by atoms with Gasteiger partial charge in [-0.2, -0.15) is 11.8 Å². The summed E-state index contributed by atoms with van der Waals surface area (Å²) in [4.78, 5) is 11.6. The van der Waals surface area contributed by atoms with Crippen LogP contribution in [0.1, 0.15) is 0 Å². The first-order chi connectivity index (χ1) is 6.86. The Morgan fingerprint density at radius 2 is 2.57 bits per heavy atom. The number of hydrogen-bond donors (Lipinski definition) is 2. The van der Waals surface area contributed by atoms with Gasteiger partial charge in [-0.3, -0.25) is 10.1 Å². The smallest absolute Gasteiger partial charge is 0.244 e. The Morgan fingerprint density at radius 1 is 1.64 bits per heavy atom. The normalized spacial score (nSPS) is 21.9. The summed E-state index contributed by atoms with van der Waals surface area (Å²) in [5.41, 5.74) is 0. The SMILES string of the molecule is O=C(Nc1nnns1)C1CSCCN1. The maximum absolute atomic E-state index is 11.6. The summed E-state index contributed by atoms with van der Waals surface area (Å²) in [6, 6.07) is -0.127. The quantitative estimate of drug-likeness (QED) is 0.719. The van der Waals surface area contributed by atoms with E-state index in [1.54, 1.807) is 11.8 Å². The number of thioether (sulfide) groups is 1. The average Bonchev–Trinajstić information content (AvgIpc) is 2.72. The molecule has 2 N–H and O–H groups in total. The topological polar surface area (TPSA) is 79.8 Å². The van der Waals surface area contributed by atoms with Gasteiger partial charge < -0.3 is 5.32 Å². The molecule has 0 saturated carbocycles. The van der Waals surface area contributed by atoms with Gasteiger partial charge in [0.15, 0.2) is 0 Å². The van der Waals surface area contributed by atoms with E-state index in [9.17, 15) is 4.79 Å². The summed E-state index contributed by atoms with van der Waals surface area (Å²) < 4.78 is 3.56. The summed E-state index contributed by atoms with van der Waals surface area (Å²) in [5, 5.41) is 13.3. The molecule has 8 heteroatoms. The van der Waals surface area contributed by atoms with Crippen molar-refractivity contribution >= 4 is 34.3 Å². The van der Waals surface area contributed by atoms with Crippen molar-refractivity contribution in [3.63, 3.8) is 0 Å². The van der Waals surface area contributed by atoms with E-state index in [0.29, 0.717) is 5.13 Å². The second-order valence-electron chi connectivity index (χ2n) is 2.74. The van der Waals surface area contributed by atoms with Gasteiger partial charge in [0.1, 0.15) is 0 Å². The average molecular weight is 231 g/mol. The minimum absolute atomic E-state index is 0.0595. The summed E-state index contributed by atoms with van der Waals surface area (Å²) in [7, 11) is 0. The molecule has 1 unspecified atom stereocenters. The fourth-order valence-corrected chi connectivity index (χ4v) is 2.41. The van der Waals surface area contributed by atoms with E-state index in [1.165, 1.54) is 0 Å². The Balaban J connectivity index is 1.88. The highest BCUT2D eigenvalue weighted by molar-refractivity contribution is 7.99. The van der Waals surface area contributed by atoms with E-state index in [0.717, 1.165) is 29.6 Å². The molecule has 0 aliphatic carbocycles. The van der Waals surface area contributed by atoms with Crippen LogP contribution in [0.2, 0.25) is 0 Å². The van der Waals surface area contributed by atoms with Gasteiger partial charge in [0.25, 0.3) is 0 Å². The molecule has 1 fully saturated rings. The first-order valence-electron chi connectivity index (χ1n) is 4.13. The molecule has 2 rings (SSSR count). The minimum atomic E-state index is -0.127. The van der Waals surface area contributed by atoms with Crippen LogP contribution in [0.3, 0.4) is 0 Å². The number of rotatable bonds is 2. The number of aromatic nitrogens is 3. The lowest BCUT2D eigenvalue weighted by molar-refractivity contribution is -0.117. The molecule has 1 aliphatic rings. The Bertz CT molecular complexity index is 297. The monoisotopic (exact) mass is 231 g/mol. The number of nitrogens with one attached hydrogen (secondary N) is 2. The molecule has 0 spiro atoms. The number of hydrogen-bond acceptors (Lipinski definition) is 7. The minimum Gasteiger partial charge on any atom is -0.304 e. The van der Waals surface area contributed by atoms with Crippen LogP contribution in [-0.4, -0.2) is 44.8 Å². The highest BCUT2D eigenvalue weighted by atomic mass is 32.2. The number of carbonyl (C=O) groups excluding carboxylic acids is 1. The van der Waals surface area contributed by atoms with Crippen LogP contribution in [0.25, 0.3) is 0 Å². The predicted octanol–water partition coefficient (Wildman–Crippen LogP) is -0.423. The standard InChI is InChI=1S/C6H9N5OS2/c12-5(4-3-13-2-1-7-4)8-6-9-10-11-14-6/h4,7H,1-3H2,(H,8,9,11,12). The van der Waals surface area contributed by atoms with Crippen molar-refractivity contribution in [2.75, 3.05) is 23.4 Å². The summed E-state index contributed by atoms with van der Waals surface area (Å²) in [6.45, 7) is 0.872. The Kier molecular flexibility index (Phi) is 3.27. The molecule has 14 heavy (non-hydrogen) atoms. The van der Waals surface area contributed by atoms with E-state index in [2.05, 4.69) is 25.4 Å². The molecule has 1 atom stereocenters. The highest BCUT2D eigenvalue weighted by Crippen LogP contribution is 2.10. The molecule has 2 heterocycles. The molecule has 76 valence electrons. The van der Waals surface area contributed by atoms with Gasteiger partial charge in [-0.25, -0.2) is 0 Å². The maximum atomic E-state index is 11.6. The van der Waals surface area contributed by atoms with Crippen molar-refractivity contribution < 1.29 is 4.79 Å². The number of amides is 1. The zero-order valence-electron chi connectivity index (χ0n) is 7.27. The predicted molar refractivity (Wildman–Crippen MR) is 55.4 cm³/mol. The fraction of sp³-hybridized carbons (Fsp3) is 0.667. The highest BCUT2D eigenvalue weighted by Gasteiger charge is 2.21. The molecule has 6 nitrogen and oxygen atoms in total. The van der Waals surface area contributed by atoms with Crippen molar-refractivity contribution in [1.82, 2.24) is 20.1 Å². The lowest BCUT2D eigenvalue weighted by atomic mass is 10.3. The van der Waals surface area contributed by atoms with Crippen LogP contribution in [0, 0.1) is 0 Å². The van der Waals surface area contributed by atoms with Crippen molar-refractivity contribution in [2.24, 2.45) is 0 Å². The van der Waals surface area contributed by atoms with Gasteiger partial charge in [-0.15, -0.1) is 0 Å². The summed E-state index contributed by atoms with van der Waals surface area (Å²) >= 11 is 2.85. The Hall–Kier alpha value is -0.730. The van der Waals surface area contributed by atoms with Crippen LogP contribution in [0.5, 0.6) is 0 Å². The third-order valence-electron chi connectivity index (χ3n) is 1.77. The third-order valence-corrected chi connectivity index (χ3v) is 3.34. The molecule has 1 amide bonds. The molecule has 1 aliphatic heterocycles. The van der Waals surface area contributed by atoms with E-state index in [4.69, 9.17) is 0 Å². The van der Waals surface area contributed by atoms with Gasteiger partial charge >= 0.3 is 0 Å². The summed E-state index contributed by atoms with van der Waals surface area (Å²) in [6.07, 6.45) is 0. The maximum Gasteiger partial charge on any atom is 0.244 e. The largest absolute Gasteiger partial charge is 0.304 e. The van der Waals surface area contributed by atoms with Crippen LogP contribution in [0.15, 0.2) is 0 Å². The number of nitrogens with zero attached hydrogens (tertiary/aromatic N) is 3. The molecule has 1 saturated heterocycles. The Morgan fingerprint density at radius 3 is 3.21 bits per heavy atom. The first kappa shape index (κ1) is 9.81. The second-order valence-corrected chi connectivity index (χ2v) is 4.62. The zero-order chi connectivity index (χ0) is 9.80. The third kappa shape index (κ3) is 2.40. The molecule has 0 radical (unpaired) electrons. The van der Waals surface area contributed by atoms with Crippen molar-refractivity contribution in [2.45, 2.75) is 6.04 Å². The Labute approximate surface area is 89.0 Å². The first-order valence-corrected chi connectivity index (χ1v) is 6.06. The zero-order valence-corrected chi connectivity index (χ0v) is 8.90. The van der Waals surface area contributed by atoms with E-state index < -0.39 is 0 Å². The molecular weight excluding hydrogens is 222 g/mol. The van der Waals surface area contributed by atoms with E-state index in [-0.39, 0.29) is 11.9 Å². The van der Waals surface area contributed by atoms with Crippen LogP contribution in [-0.2, 0) is 4.79 Å². The number of anilines is 1. The van der Waals surface area contributed by atoms with Gasteiger partial charge in [0, 0.05) is 29.6 Å². The molecular formula is C6H9N5OS2. The second kappa shape index (κ2) is 4.67. The van der Waals surface area contributed by atoms with Crippen molar-refractivity contribution in [3.8, 4) is 0 Å². The molecule has 1 aromatic heterocycles. The van der Waals surface area contributed by atoms with Crippen molar-refractivity contribution in [1.29, 1.82) is 0 Å². The van der Waals surface area contributed by atoms with Crippen molar-refractivity contribution in [3.05, 3.63) is 0 Å². The molecule has 1 aromatic rings. The van der Waals surface area contributed by atoms with Crippen LogP contribution in [0.4, 0.5) is 5.13 Å². The fourth-order valence-electron chi connectivity index (χ4n) is 1.11. The van der Waals surface area contributed by atoms with E-state index >= 15 is 0 Å². The molecule has 0 aromatic carbocycles. The van der Waals surface area contributed by atoms with Gasteiger partial charge in [0.05, 0.1) is 6.04 Å². The lowest BCUT2D eigenvalue weighted by Crippen LogP contribution is -2.46. The van der Waals surface area contributed by atoms with Gasteiger partial charge in [-0.1, -0.05) is 9.59 Å². The lowest BCUT2D eigenvalue weighted by Gasteiger charge is -2.21. The molecule has 0 bridgehead atoms. The summed E-state index contributed by atoms with van der Waals surface area (Å²) in [5.74, 6) is 1.80. The van der Waals surface area contributed by atoms with E-state index in [1.807, 2.05) is 0 Å². The van der Waals surface area contributed by atoms with Gasteiger partial charge in [0.2, 0.25) is 11.0 Å².